The Balaban J connectivity index is 2.41. The van der Waals surface area contributed by atoms with Crippen LogP contribution in [0.1, 0.15) is 17.2 Å². The normalized spacial score (nSPS) is 12.0. The van der Waals surface area contributed by atoms with Gasteiger partial charge in [0.2, 0.25) is 0 Å². The van der Waals surface area contributed by atoms with Crippen molar-refractivity contribution in [1.82, 2.24) is 10.4 Å². The first kappa shape index (κ1) is 14.6. The molecule has 1 unspecified atom stereocenters. The number of nitrogens with one attached hydrogen (secondary N) is 1. The lowest BCUT2D eigenvalue weighted by Gasteiger charge is -2.18. The average molecular weight is 294 g/mol. The molecule has 20 heavy (non-hydrogen) atoms. The molecule has 5 nitrogen and oxygen atoms in total. The van der Waals surface area contributed by atoms with Gasteiger partial charge in [0.05, 0.1) is 20.3 Å². The van der Waals surface area contributed by atoms with Gasteiger partial charge < -0.3 is 9.47 Å². The fourth-order valence-corrected chi connectivity index (χ4v) is 2.20. The molecule has 0 saturated heterocycles. The van der Waals surface area contributed by atoms with E-state index in [1.807, 2.05) is 24.3 Å². The molecule has 106 valence electrons. The molecule has 0 aliphatic heterocycles. The number of nitrogens with two attached hydrogens (primary N) is 1. The molecule has 0 spiro atoms. The number of hydrogen-bond acceptors (Lipinski definition) is 5. The van der Waals surface area contributed by atoms with Crippen molar-refractivity contribution in [3.8, 4) is 11.5 Å². The van der Waals surface area contributed by atoms with Crippen LogP contribution in [-0.2, 0) is 0 Å². The van der Waals surface area contributed by atoms with Gasteiger partial charge in [-0.05, 0) is 35.4 Å². The van der Waals surface area contributed by atoms with E-state index in [4.69, 9.17) is 26.9 Å². The maximum atomic E-state index is 5.92. The Bertz CT molecular complexity index is 592. The quantitative estimate of drug-likeness (QED) is 0.503. The molecule has 1 aromatic carbocycles. The van der Waals surface area contributed by atoms with Gasteiger partial charge in [-0.1, -0.05) is 17.7 Å². The second-order valence-electron chi connectivity index (χ2n) is 4.13. The Morgan fingerprint density at radius 2 is 1.80 bits per heavy atom. The summed E-state index contributed by atoms with van der Waals surface area (Å²) in [7, 11) is 3.19. The number of rotatable bonds is 5. The molecule has 0 amide bonds. The van der Waals surface area contributed by atoms with Gasteiger partial charge >= 0.3 is 0 Å². The highest BCUT2D eigenvalue weighted by Crippen LogP contribution is 2.32. The van der Waals surface area contributed by atoms with Crippen LogP contribution >= 0.6 is 11.6 Å². The Morgan fingerprint density at radius 3 is 2.40 bits per heavy atom. The lowest BCUT2D eigenvalue weighted by Crippen LogP contribution is -2.28. The topological polar surface area (TPSA) is 69.4 Å². The van der Waals surface area contributed by atoms with E-state index < -0.39 is 0 Å². The summed E-state index contributed by atoms with van der Waals surface area (Å²) in [4.78, 5) is 3.96. The number of benzene rings is 1. The molecule has 0 aliphatic rings. The summed E-state index contributed by atoms with van der Waals surface area (Å²) >= 11 is 5.92. The monoisotopic (exact) mass is 293 g/mol. The van der Waals surface area contributed by atoms with Crippen molar-refractivity contribution >= 4 is 11.6 Å². The van der Waals surface area contributed by atoms with Gasteiger partial charge in [-0.25, -0.2) is 10.4 Å². The van der Waals surface area contributed by atoms with Gasteiger partial charge in [0.25, 0.3) is 0 Å². The van der Waals surface area contributed by atoms with Crippen molar-refractivity contribution in [3.63, 3.8) is 0 Å². The molecule has 1 atom stereocenters. The maximum Gasteiger partial charge on any atom is 0.161 e. The van der Waals surface area contributed by atoms with E-state index in [0.717, 1.165) is 11.1 Å². The van der Waals surface area contributed by atoms with Crippen molar-refractivity contribution in [2.24, 2.45) is 5.84 Å². The van der Waals surface area contributed by atoms with Gasteiger partial charge in [-0.15, -0.1) is 0 Å². The van der Waals surface area contributed by atoms with Crippen LogP contribution in [0, 0.1) is 0 Å². The van der Waals surface area contributed by atoms with Gasteiger partial charge in [0.15, 0.2) is 11.5 Å². The second-order valence-corrected chi connectivity index (χ2v) is 4.51. The number of ether oxygens (including phenoxy) is 2. The Labute approximate surface area is 122 Å². The van der Waals surface area contributed by atoms with Crippen molar-refractivity contribution < 1.29 is 9.47 Å². The molecule has 0 aliphatic carbocycles. The zero-order valence-corrected chi connectivity index (χ0v) is 12.0. The van der Waals surface area contributed by atoms with E-state index in [2.05, 4.69) is 10.4 Å². The van der Waals surface area contributed by atoms with Gasteiger partial charge in [-0.3, -0.25) is 5.84 Å². The van der Waals surface area contributed by atoms with E-state index in [1.54, 1.807) is 26.5 Å². The summed E-state index contributed by atoms with van der Waals surface area (Å²) < 4.78 is 10.5. The fraction of sp³-hybridized carbons (Fsp3) is 0.214. The molecule has 6 heteroatoms. The first-order valence-electron chi connectivity index (χ1n) is 5.99. The third-order valence-electron chi connectivity index (χ3n) is 2.99. The second kappa shape index (κ2) is 6.56. The Kier molecular flexibility index (Phi) is 4.79. The van der Waals surface area contributed by atoms with Crippen molar-refractivity contribution in [2.45, 2.75) is 6.04 Å². The van der Waals surface area contributed by atoms with E-state index in [9.17, 15) is 0 Å². The summed E-state index contributed by atoms with van der Waals surface area (Å²) in [5.74, 6) is 6.97. The van der Waals surface area contributed by atoms with Crippen LogP contribution in [0.25, 0.3) is 0 Å². The van der Waals surface area contributed by atoms with Crippen LogP contribution in [-0.4, -0.2) is 19.2 Å². The van der Waals surface area contributed by atoms with Crippen molar-refractivity contribution in [2.75, 3.05) is 14.2 Å². The highest BCUT2D eigenvalue weighted by Gasteiger charge is 2.15. The van der Waals surface area contributed by atoms with Gasteiger partial charge in [0, 0.05) is 6.20 Å². The Hall–Kier alpha value is -1.82. The van der Waals surface area contributed by atoms with E-state index >= 15 is 0 Å². The molecular formula is C14H16ClN3O2. The smallest absolute Gasteiger partial charge is 0.161 e. The van der Waals surface area contributed by atoms with Crippen LogP contribution < -0.4 is 20.7 Å². The molecule has 2 rings (SSSR count). The number of aromatic nitrogens is 1. The minimum Gasteiger partial charge on any atom is -0.493 e. The van der Waals surface area contributed by atoms with Crippen molar-refractivity contribution in [1.29, 1.82) is 0 Å². The molecule has 0 fully saturated rings. The van der Waals surface area contributed by atoms with Crippen LogP contribution in [0.2, 0.25) is 5.15 Å². The molecule has 2 aromatic rings. The first-order valence-corrected chi connectivity index (χ1v) is 6.37. The van der Waals surface area contributed by atoms with Crippen LogP contribution in [0.15, 0.2) is 36.5 Å². The highest BCUT2D eigenvalue weighted by molar-refractivity contribution is 6.29. The number of hydrogen-bond donors (Lipinski definition) is 2. The summed E-state index contributed by atoms with van der Waals surface area (Å²) in [6.45, 7) is 0. The first-order chi connectivity index (χ1) is 9.69. The summed E-state index contributed by atoms with van der Waals surface area (Å²) in [6.07, 6.45) is 1.64. The third-order valence-corrected chi connectivity index (χ3v) is 3.20. The van der Waals surface area contributed by atoms with Crippen LogP contribution in [0.5, 0.6) is 11.5 Å². The number of hydrazine groups is 1. The minimum atomic E-state index is -0.213. The van der Waals surface area contributed by atoms with Gasteiger partial charge in [-0.2, -0.15) is 0 Å². The predicted molar refractivity (Wildman–Crippen MR) is 78.0 cm³/mol. The fourth-order valence-electron chi connectivity index (χ4n) is 2.01. The molecule has 0 radical (unpaired) electrons. The number of pyridine rings is 1. The Morgan fingerprint density at radius 1 is 1.10 bits per heavy atom. The average Bonchev–Trinajstić information content (AvgIpc) is 2.48. The minimum absolute atomic E-state index is 0.213. The zero-order chi connectivity index (χ0) is 14.5. The summed E-state index contributed by atoms with van der Waals surface area (Å²) in [5, 5.41) is 0.420. The zero-order valence-electron chi connectivity index (χ0n) is 11.3. The largest absolute Gasteiger partial charge is 0.493 e. The van der Waals surface area contributed by atoms with Gasteiger partial charge in [0.1, 0.15) is 5.15 Å². The maximum absolute atomic E-state index is 5.92. The van der Waals surface area contributed by atoms with E-state index in [-0.39, 0.29) is 6.04 Å². The lowest BCUT2D eigenvalue weighted by atomic mass is 10.00. The lowest BCUT2D eigenvalue weighted by molar-refractivity contribution is 0.354. The third kappa shape index (κ3) is 3.01. The summed E-state index contributed by atoms with van der Waals surface area (Å²) in [6, 6.07) is 9.03. The molecule has 3 N–H and O–H groups in total. The van der Waals surface area contributed by atoms with Crippen molar-refractivity contribution in [3.05, 3.63) is 52.8 Å². The van der Waals surface area contributed by atoms with E-state index in [1.165, 1.54) is 0 Å². The van der Waals surface area contributed by atoms with Crippen LogP contribution in [0.3, 0.4) is 0 Å². The molecule has 0 saturated carbocycles. The number of nitrogens with zero attached hydrogens (tertiary/aromatic N) is 1. The SMILES string of the molecule is COc1ccc(C(NN)c2ccnc(Cl)c2)cc1OC. The highest BCUT2D eigenvalue weighted by atomic mass is 35.5. The van der Waals surface area contributed by atoms with E-state index in [0.29, 0.717) is 16.7 Å². The molecule has 1 aromatic heterocycles. The number of halogens is 1. The summed E-state index contributed by atoms with van der Waals surface area (Å²) in [5.41, 5.74) is 4.62. The predicted octanol–water partition coefficient (Wildman–Crippen LogP) is 2.30. The number of methoxy groups -OCH3 is 2. The molecule has 1 heterocycles. The molecule has 0 bridgehead atoms. The standard InChI is InChI=1S/C14H16ClN3O2/c1-19-11-4-3-9(7-12(11)20-2)14(18-16)10-5-6-17-13(15)8-10/h3-8,14,18H,16H2,1-2H3. The van der Waals surface area contributed by atoms with Crippen LogP contribution in [0.4, 0.5) is 0 Å². The molecular weight excluding hydrogens is 278 g/mol.